The summed E-state index contributed by atoms with van der Waals surface area (Å²) in [4.78, 5) is 12.7. The second-order valence-corrected chi connectivity index (χ2v) is 4.64. The largest absolute Gasteiger partial charge is 0.398 e. The van der Waals surface area contributed by atoms with Gasteiger partial charge in [-0.2, -0.15) is 0 Å². The molecule has 2 N–H and O–H groups in total. The highest BCUT2D eigenvalue weighted by atomic mass is 16.5. The Labute approximate surface area is 134 Å². The molecule has 5 heteroatoms. The summed E-state index contributed by atoms with van der Waals surface area (Å²) in [5, 5.41) is 0. The van der Waals surface area contributed by atoms with E-state index >= 15 is 0 Å². The van der Waals surface area contributed by atoms with Crippen molar-refractivity contribution in [2.45, 2.75) is 20.8 Å². The summed E-state index contributed by atoms with van der Waals surface area (Å²) < 4.78 is 10.2. The van der Waals surface area contributed by atoms with Crippen LogP contribution in [0.1, 0.15) is 29.8 Å². The lowest BCUT2D eigenvalue weighted by Gasteiger charge is -2.25. The highest BCUT2D eigenvalue weighted by molar-refractivity contribution is 5.85. The average Bonchev–Trinajstić information content (AvgIpc) is 2.57. The molecule has 1 saturated heterocycles. The van der Waals surface area contributed by atoms with E-state index in [2.05, 4.69) is 4.90 Å². The number of nitrogens with zero attached hydrogens (tertiary/aromatic N) is 1. The third-order valence-electron chi connectivity index (χ3n) is 3.19. The highest BCUT2D eigenvalue weighted by Gasteiger charge is 2.08. The lowest BCUT2D eigenvalue weighted by molar-refractivity contribution is 0.0263. The van der Waals surface area contributed by atoms with Crippen LogP contribution in [-0.4, -0.2) is 57.8 Å². The number of rotatable bonds is 4. The number of morpholine rings is 1. The molecule has 126 valence electrons. The van der Waals surface area contributed by atoms with Crippen LogP contribution in [0.15, 0.2) is 18.2 Å². The normalized spacial score (nSPS) is 14.2. The predicted octanol–water partition coefficient (Wildman–Crippen LogP) is 2.38. The minimum absolute atomic E-state index is 0.551. The van der Waals surface area contributed by atoms with E-state index in [1.807, 2.05) is 32.9 Å². The molecule has 5 nitrogen and oxygen atoms in total. The van der Waals surface area contributed by atoms with Crippen molar-refractivity contribution in [2.75, 3.05) is 52.3 Å². The Morgan fingerprint density at radius 1 is 1.32 bits per heavy atom. The van der Waals surface area contributed by atoms with Crippen LogP contribution in [0.3, 0.4) is 0 Å². The number of methoxy groups -OCH3 is 1. The van der Waals surface area contributed by atoms with Crippen LogP contribution in [0.2, 0.25) is 0 Å². The van der Waals surface area contributed by atoms with Gasteiger partial charge in [0, 0.05) is 38.0 Å². The van der Waals surface area contributed by atoms with E-state index in [4.69, 9.17) is 15.2 Å². The number of nitrogens with two attached hydrogens (primary N) is 1. The summed E-state index contributed by atoms with van der Waals surface area (Å²) in [7, 11) is 1.74. The number of benzene rings is 1. The van der Waals surface area contributed by atoms with Crippen molar-refractivity contribution < 1.29 is 14.3 Å². The number of carbonyl (C=O) groups excluding carboxylic acids is 1. The van der Waals surface area contributed by atoms with Crippen LogP contribution >= 0.6 is 0 Å². The Bertz CT molecular complexity index is 385. The zero-order chi connectivity index (χ0) is 16.8. The first-order chi connectivity index (χ1) is 10.7. The number of ether oxygens (including phenoxy) is 2. The second kappa shape index (κ2) is 13.2. The van der Waals surface area contributed by atoms with Crippen LogP contribution in [0.25, 0.3) is 0 Å². The zero-order valence-electron chi connectivity index (χ0n) is 14.3. The van der Waals surface area contributed by atoms with Gasteiger partial charge in [0.1, 0.15) is 0 Å². The maximum Gasteiger partial charge on any atom is 0.152 e. The lowest BCUT2D eigenvalue weighted by Crippen LogP contribution is -2.38. The predicted molar refractivity (Wildman–Crippen MR) is 91.5 cm³/mol. The van der Waals surface area contributed by atoms with E-state index in [1.165, 1.54) is 0 Å². The molecule has 0 spiro atoms. The molecule has 0 amide bonds. The molecular formula is C17H30N2O3. The molecule has 1 aliphatic heterocycles. The van der Waals surface area contributed by atoms with Crippen molar-refractivity contribution in [3.8, 4) is 0 Å². The van der Waals surface area contributed by atoms with Crippen LogP contribution in [0, 0.1) is 6.92 Å². The number of carbonyl (C=O) groups is 1. The molecule has 0 unspecified atom stereocenters. The summed E-state index contributed by atoms with van der Waals surface area (Å²) >= 11 is 0. The van der Waals surface area contributed by atoms with Crippen molar-refractivity contribution >= 4 is 12.0 Å². The molecule has 0 aliphatic carbocycles. The van der Waals surface area contributed by atoms with Crippen molar-refractivity contribution in [3.63, 3.8) is 0 Å². The monoisotopic (exact) mass is 310 g/mol. The summed E-state index contributed by atoms with van der Waals surface area (Å²) in [5.41, 5.74) is 7.58. The van der Waals surface area contributed by atoms with Crippen LogP contribution < -0.4 is 5.73 Å². The van der Waals surface area contributed by atoms with Crippen LogP contribution in [0.5, 0.6) is 0 Å². The number of aryl methyl sites for hydroxylation is 1. The van der Waals surface area contributed by atoms with Crippen molar-refractivity contribution in [1.82, 2.24) is 4.90 Å². The van der Waals surface area contributed by atoms with E-state index < -0.39 is 0 Å². The third-order valence-corrected chi connectivity index (χ3v) is 3.19. The molecule has 0 atom stereocenters. The minimum Gasteiger partial charge on any atom is -0.398 e. The first-order valence-corrected chi connectivity index (χ1v) is 7.78. The van der Waals surface area contributed by atoms with Crippen molar-refractivity contribution in [2.24, 2.45) is 0 Å². The van der Waals surface area contributed by atoms with Gasteiger partial charge < -0.3 is 15.2 Å². The SMILES string of the molecule is CC.COCCN1CCOCC1.Cc1cccc(N)c1C=O. The van der Waals surface area contributed by atoms with Gasteiger partial charge in [0.15, 0.2) is 6.29 Å². The Hall–Kier alpha value is -1.43. The van der Waals surface area contributed by atoms with E-state index in [0.29, 0.717) is 11.3 Å². The second-order valence-electron chi connectivity index (χ2n) is 4.64. The number of anilines is 1. The van der Waals surface area contributed by atoms with Gasteiger partial charge >= 0.3 is 0 Å². The summed E-state index contributed by atoms with van der Waals surface area (Å²) in [5.74, 6) is 0. The molecule has 1 fully saturated rings. The van der Waals surface area contributed by atoms with Crippen molar-refractivity contribution in [1.29, 1.82) is 0 Å². The Kier molecular flexibility index (Phi) is 12.4. The number of aldehydes is 1. The quantitative estimate of drug-likeness (QED) is 0.683. The molecule has 1 aliphatic rings. The molecule has 0 bridgehead atoms. The fourth-order valence-electron chi connectivity index (χ4n) is 1.91. The van der Waals surface area contributed by atoms with Crippen molar-refractivity contribution in [3.05, 3.63) is 29.3 Å². The summed E-state index contributed by atoms with van der Waals surface area (Å²) in [6.07, 6.45) is 0.782. The summed E-state index contributed by atoms with van der Waals surface area (Å²) in [6.45, 7) is 11.6. The molecule has 22 heavy (non-hydrogen) atoms. The zero-order valence-corrected chi connectivity index (χ0v) is 14.3. The number of hydrogen-bond donors (Lipinski definition) is 1. The molecular weight excluding hydrogens is 280 g/mol. The molecule has 2 rings (SSSR count). The van der Waals surface area contributed by atoms with E-state index in [1.54, 1.807) is 13.2 Å². The standard InChI is InChI=1S/C8H9NO.C7H15NO2.C2H6/c1-6-3-2-4-8(9)7(6)5-10;1-9-5-2-8-3-6-10-7-4-8;1-2/h2-5H,9H2,1H3;2-7H2,1H3;1-2H3. The fourth-order valence-corrected chi connectivity index (χ4v) is 1.91. The van der Waals surface area contributed by atoms with Gasteiger partial charge in [-0.25, -0.2) is 0 Å². The highest BCUT2D eigenvalue weighted by Crippen LogP contribution is 2.12. The first-order valence-electron chi connectivity index (χ1n) is 7.78. The molecule has 1 aromatic rings. The Morgan fingerprint density at radius 3 is 2.41 bits per heavy atom. The van der Waals surface area contributed by atoms with Gasteiger partial charge in [-0.15, -0.1) is 0 Å². The number of nitrogen functional groups attached to an aromatic ring is 1. The maximum atomic E-state index is 10.4. The lowest BCUT2D eigenvalue weighted by atomic mass is 10.1. The fraction of sp³-hybridized carbons (Fsp3) is 0.588. The maximum absolute atomic E-state index is 10.4. The summed E-state index contributed by atoms with van der Waals surface area (Å²) in [6, 6.07) is 5.41. The van der Waals surface area contributed by atoms with Gasteiger partial charge in [0.25, 0.3) is 0 Å². The minimum atomic E-state index is 0.551. The molecule has 1 heterocycles. The van der Waals surface area contributed by atoms with Gasteiger partial charge in [-0.1, -0.05) is 26.0 Å². The third kappa shape index (κ3) is 8.12. The van der Waals surface area contributed by atoms with E-state index in [-0.39, 0.29) is 0 Å². The number of hydrogen-bond acceptors (Lipinski definition) is 5. The molecule has 0 saturated carbocycles. The topological polar surface area (TPSA) is 64.8 Å². The van der Waals surface area contributed by atoms with Gasteiger partial charge in [-0.3, -0.25) is 9.69 Å². The van der Waals surface area contributed by atoms with Gasteiger partial charge in [-0.05, 0) is 18.6 Å². The van der Waals surface area contributed by atoms with E-state index in [0.717, 1.165) is 51.3 Å². The Morgan fingerprint density at radius 2 is 1.95 bits per heavy atom. The van der Waals surface area contributed by atoms with E-state index in [9.17, 15) is 4.79 Å². The average molecular weight is 310 g/mol. The smallest absolute Gasteiger partial charge is 0.152 e. The first kappa shape index (κ1) is 20.6. The molecule has 0 aromatic heterocycles. The van der Waals surface area contributed by atoms with Crippen LogP contribution in [-0.2, 0) is 9.47 Å². The van der Waals surface area contributed by atoms with Crippen LogP contribution in [0.4, 0.5) is 5.69 Å². The Balaban J connectivity index is 0.000000360. The molecule has 1 aromatic carbocycles. The van der Waals surface area contributed by atoms with Gasteiger partial charge in [0.2, 0.25) is 0 Å². The molecule has 0 radical (unpaired) electrons. The van der Waals surface area contributed by atoms with Gasteiger partial charge in [0.05, 0.1) is 19.8 Å².